The molecule has 0 atom stereocenters. The molecule has 0 rings (SSSR count). The van der Waals surface area contributed by atoms with Crippen LogP contribution in [0.1, 0.15) is 0 Å². The van der Waals surface area contributed by atoms with Gasteiger partial charge in [0.1, 0.15) is 0 Å². The summed E-state index contributed by atoms with van der Waals surface area (Å²) < 4.78 is 0. The van der Waals surface area contributed by atoms with E-state index in [1.54, 1.807) is 0 Å². The number of hydrogen-bond donors (Lipinski definition) is 0. The van der Waals surface area contributed by atoms with Crippen LogP contribution in [0.4, 0.5) is 0 Å². The van der Waals surface area contributed by atoms with Crippen LogP contribution in [-0.2, 0) is 0 Å². The molecule has 0 spiro atoms. The first kappa shape index (κ1) is 80.9. The minimum atomic E-state index is 0. The summed E-state index contributed by atoms with van der Waals surface area (Å²) >= 11 is 0. The molecular formula is H7Cl5Pb. The third kappa shape index (κ3) is 32.7. The van der Waals surface area contributed by atoms with Gasteiger partial charge in [0, 0.05) is 0 Å². The Bertz CT molecular complexity index is 3.90. The predicted octanol–water partition coefficient (Wildman–Crippen LogP) is 1.19. The van der Waals surface area contributed by atoms with Crippen LogP contribution >= 0.6 is 62.0 Å². The summed E-state index contributed by atoms with van der Waals surface area (Å²) in [5, 5.41) is 0. The van der Waals surface area contributed by atoms with E-state index in [1.807, 2.05) is 0 Å². The summed E-state index contributed by atoms with van der Waals surface area (Å²) in [7, 11) is 0. The van der Waals surface area contributed by atoms with Gasteiger partial charge in [0.25, 0.3) is 0 Å². The van der Waals surface area contributed by atoms with E-state index in [2.05, 4.69) is 0 Å². The molecule has 0 aromatic carbocycles. The van der Waals surface area contributed by atoms with E-state index in [0.717, 1.165) is 0 Å². The molecule has 0 N–H and O–H groups in total. The van der Waals surface area contributed by atoms with E-state index < -0.39 is 0 Å². The SMILES string of the molecule is Cl.Cl.Cl.Cl.Cl.[PbH2]. The van der Waals surface area contributed by atoms with Gasteiger partial charge in [0.2, 0.25) is 0 Å². The first-order valence-electron chi connectivity index (χ1n) is 0. The molecule has 0 bridgehead atoms. The molecule has 6 heavy (non-hydrogen) atoms. The zero-order chi connectivity index (χ0) is 0. The average molecular weight is 392 g/mol. The second-order valence-corrected chi connectivity index (χ2v) is 0. The Hall–Kier alpha value is 2.37. The van der Waals surface area contributed by atoms with Crippen molar-refractivity contribution in [3.63, 3.8) is 0 Å². The van der Waals surface area contributed by atoms with Crippen LogP contribution in [0.25, 0.3) is 0 Å². The van der Waals surface area contributed by atoms with E-state index in [4.69, 9.17) is 0 Å². The van der Waals surface area contributed by atoms with Crippen LogP contribution in [-0.4, -0.2) is 27.3 Å². The standard InChI is InChI=1S/5ClH.Pb.2H/h5*1H;;;. The molecule has 0 unspecified atom stereocenters. The first-order chi connectivity index (χ1) is 0. The molecule has 0 aliphatic rings. The summed E-state index contributed by atoms with van der Waals surface area (Å²) in [5.74, 6) is 0. The molecule has 0 fully saturated rings. The molecule has 0 aliphatic carbocycles. The minimum absolute atomic E-state index is 0. The second kappa shape index (κ2) is 53.2. The van der Waals surface area contributed by atoms with E-state index in [0.29, 0.717) is 0 Å². The van der Waals surface area contributed by atoms with Crippen molar-refractivity contribution in [1.29, 1.82) is 0 Å². The fourth-order valence-electron chi connectivity index (χ4n) is 0. The monoisotopic (exact) mass is 390 g/mol. The van der Waals surface area contributed by atoms with Crippen molar-refractivity contribution in [1.82, 2.24) is 0 Å². The van der Waals surface area contributed by atoms with Gasteiger partial charge in [0.05, 0.1) is 0 Å². The van der Waals surface area contributed by atoms with Crippen LogP contribution < -0.4 is 0 Å². The molecule has 0 amide bonds. The number of halogens is 5. The van der Waals surface area contributed by atoms with E-state index in [9.17, 15) is 0 Å². The van der Waals surface area contributed by atoms with Crippen molar-refractivity contribution in [2.45, 2.75) is 0 Å². The van der Waals surface area contributed by atoms with Crippen molar-refractivity contribution in [2.24, 2.45) is 0 Å². The Morgan fingerprint density at radius 3 is 0.333 bits per heavy atom. The summed E-state index contributed by atoms with van der Waals surface area (Å²) in [4.78, 5) is 0. The number of hydrogen-bond acceptors (Lipinski definition) is 0. The van der Waals surface area contributed by atoms with Gasteiger partial charge in [-0.25, -0.2) is 0 Å². The van der Waals surface area contributed by atoms with Gasteiger partial charge in [-0.2, -0.15) is 0 Å². The molecule has 6 heteroatoms. The molecular weight excluding hydrogens is 384 g/mol. The molecule has 0 aliphatic heterocycles. The van der Waals surface area contributed by atoms with Crippen molar-refractivity contribution in [2.75, 3.05) is 0 Å². The van der Waals surface area contributed by atoms with Gasteiger partial charge < -0.3 is 0 Å². The van der Waals surface area contributed by atoms with Gasteiger partial charge in [-0.05, 0) is 0 Å². The maximum absolute atomic E-state index is 0. The Labute approximate surface area is 88.4 Å². The Balaban J connectivity index is 0. The molecule has 0 aromatic rings. The molecule has 2 radical (unpaired) electrons. The van der Waals surface area contributed by atoms with Gasteiger partial charge in [-0.1, -0.05) is 0 Å². The molecule has 46 valence electrons. The molecule has 0 saturated carbocycles. The zero-order valence-corrected chi connectivity index (χ0v) is 12.3. The number of rotatable bonds is 0. The van der Waals surface area contributed by atoms with Gasteiger partial charge >= 0.3 is 27.3 Å². The fraction of sp³-hybridized carbons (Fsp3) is 0. The molecule has 0 aromatic heterocycles. The van der Waals surface area contributed by atoms with Crippen molar-refractivity contribution < 1.29 is 0 Å². The molecule has 0 heterocycles. The summed E-state index contributed by atoms with van der Waals surface area (Å²) in [6, 6.07) is 0. The van der Waals surface area contributed by atoms with Crippen LogP contribution in [0, 0.1) is 0 Å². The second-order valence-electron chi connectivity index (χ2n) is 0. The summed E-state index contributed by atoms with van der Waals surface area (Å²) in [6.45, 7) is 0. The van der Waals surface area contributed by atoms with Crippen LogP contribution in [0.5, 0.6) is 0 Å². The van der Waals surface area contributed by atoms with Crippen molar-refractivity contribution in [3.8, 4) is 0 Å². The first-order valence-corrected chi connectivity index (χ1v) is 0. The molecule has 0 nitrogen and oxygen atoms in total. The van der Waals surface area contributed by atoms with Crippen LogP contribution in [0.15, 0.2) is 0 Å². The summed E-state index contributed by atoms with van der Waals surface area (Å²) in [5.41, 5.74) is 0. The predicted molar refractivity (Wildman–Crippen MR) is 44.8 cm³/mol. The van der Waals surface area contributed by atoms with Crippen molar-refractivity contribution in [3.05, 3.63) is 0 Å². The fourth-order valence-corrected chi connectivity index (χ4v) is 0. The van der Waals surface area contributed by atoms with Crippen LogP contribution in [0.3, 0.4) is 0 Å². The Morgan fingerprint density at radius 2 is 0.333 bits per heavy atom. The Morgan fingerprint density at radius 1 is 0.333 bits per heavy atom. The van der Waals surface area contributed by atoms with Crippen LogP contribution in [0.2, 0.25) is 0 Å². The molecule has 0 saturated heterocycles. The van der Waals surface area contributed by atoms with E-state index >= 15 is 0 Å². The summed E-state index contributed by atoms with van der Waals surface area (Å²) in [6.07, 6.45) is 0. The third-order valence-electron chi connectivity index (χ3n) is 0. The topological polar surface area (TPSA) is 0 Å². The van der Waals surface area contributed by atoms with Crippen molar-refractivity contribution >= 4 is 89.3 Å². The van der Waals surface area contributed by atoms with E-state index in [-0.39, 0.29) is 89.3 Å². The Kier molecular flexibility index (Phi) is 717. The quantitative estimate of drug-likeness (QED) is 0.545. The van der Waals surface area contributed by atoms with Gasteiger partial charge in [-0.15, -0.1) is 62.0 Å². The normalized spacial score (nSPS) is 0. The zero-order valence-electron chi connectivity index (χ0n) is 2.75. The average Bonchev–Trinajstić information content (AvgIpc) is 0. The third-order valence-corrected chi connectivity index (χ3v) is 0. The van der Waals surface area contributed by atoms with E-state index in [1.165, 1.54) is 0 Å². The maximum atomic E-state index is 0. The van der Waals surface area contributed by atoms with Gasteiger partial charge in [-0.3, -0.25) is 0 Å². The van der Waals surface area contributed by atoms with Gasteiger partial charge in [0.15, 0.2) is 0 Å².